The first-order chi connectivity index (χ1) is 12.5. The number of benzene rings is 2. The molecule has 26 heavy (non-hydrogen) atoms. The maximum atomic E-state index is 13.1. The van der Waals surface area contributed by atoms with Gasteiger partial charge in [-0.2, -0.15) is 0 Å². The van der Waals surface area contributed by atoms with Crippen LogP contribution >= 0.6 is 35.4 Å². The third kappa shape index (κ3) is 6.86. The van der Waals surface area contributed by atoms with Crippen molar-refractivity contribution in [3.63, 3.8) is 0 Å². The first kappa shape index (κ1) is 20.6. The lowest BCUT2D eigenvalue weighted by Gasteiger charge is -2.11. The minimum absolute atomic E-state index is 0.170. The molecule has 0 heterocycles. The van der Waals surface area contributed by atoms with Gasteiger partial charge < -0.3 is 20.5 Å². The van der Waals surface area contributed by atoms with Crippen LogP contribution in [-0.2, 0) is 0 Å². The number of halogens is 3. The van der Waals surface area contributed by atoms with Crippen LogP contribution in [0.15, 0.2) is 36.4 Å². The van der Waals surface area contributed by atoms with E-state index in [0.717, 1.165) is 30.7 Å². The van der Waals surface area contributed by atoms with Crippen LogP contribution < -0.4 is 20.5 Å². The monoisotopic (exact) mass is 416 g/mol. The smallest absolute Gasteiger partial charge is 0.168 e. The number of unbranched alkanes of at least 4 members (excludes halogenated alkanes) is 2. The largest absolute Gasteiger partial charge is 0.494 e. The van der Waals surface area contributed by atoms with Crippen molar-refractivity contribution >= 4 is 46.2 Å². The molecule has 3 N–H and O–H groups in total. The zero-order chi connectivity index (χ0) is 18.9. The van der Waals surface area contributed by atoms with Crippen LogP contribution in [0.3, 0.4) is 0 Å². The van der Waals surface area contributed by atoms with Crippen molar-refractivity contribution in [3.05, 3.63) is 52.3 Å². The van der Waals surface area contributed by atoms with Crippen LogP contribution in [0.5, 0.6) is 11.5 Å². The van der Waals surface area contributed by atoms with Gasteiger partial charge in [0.05, 0.1) is 23.3 Å². The van der Waals surface area contributed by atoms with E-state index in [1.165, 1.54) is 12.1 Å². The van der Waals surface area contributed by atoms with Gasteiger partial charge in [0.15, 0.2) is 10.9 Å². The van der Waals surface area contributed by atoms with Crippen molar-refractivity contribution in [2.45, 2.75) is 19.3 Å². The van der Waals surface area contributed by atoms with Crippen molar-refractivity contribution in [3.8, 4) is 11.5 Å². The molecule has 0 spiro atoms. The number of nitrogens with one attached hydrogen (secondary N) is 1. The molecule has 0 aliphatic carbocycles. The molecule has 8 heteroatoms. The molecule has 0 aliphatic rings. The summed E-state index contributed by atoms with van der Waals surface area (Å²) >= 11 is 16.6. The van der Waals surface area contributed by atoms with E-state index in [1.54, 1.807) is 0 Å². The second-order valence-electron chi connectivity index (χ2n) is 5.47. The summed E-state index contributed by atoms with van der Waals surface area (Å²) in [6.07, 6.45) is 2.57. The minimum atomic E-state index is -0.489. The third-order valence-electron chi connectivity index (χ3n) is 3.37. The normalized spacial score (nSPS) is 10.4. The zero-order valence-electron chi connectivity index (χ0n) is 13.9. The lowest BCUT2D eigenvalue weighted by Crippen LogP contribution is -2.18. The van der Waals surface area contributed by atoms with Crippen molar-refractivity contribution in [2.24, 2.45) is 5.73 Å². The van der Waals surface area contributed by atoms with Crippen LogP contribution in [0.1, 0.15) is 19.3 Å². The predicted octanol–water partition coefficient (Wildman–Crippen LogP) is 5.42. The molecule has 2 rings (SSSR count). The molecule has 2 aromatic carbocycles. The average Bonchev–Trinajstić information content (AvgIpc) is 2.55. The molecular weight excluding hydrogens is 398 g/mol. The fourth-order valence-corrected chi connectivity index (χ4v) is 2.91. The summed E-state index contributed by atoms with van der Waals surface area (Å²) in [6.45, 7) is 1.02. The predicted molar refractivity (Wildman–Crippen MR) is 108 cm³/mol. The first-order valence-corrected chi connectivity index (χ1v) is 9.19. The topological polar surface area (TPSA) is 56.5 Å². The van der Waals surface area contributed by atoms with Crippen LogP contribution in [0.25, 0.3) is 0 Å². The summed E-state index contributed by atoms with van der Waals surface area (Å²) in [5.74, 6) is 0.567. The SMILES string of the molecule is NC(=S)Nc1cccc(OCCCCCOc2c(Cl)cc(F)cc2Cl)c1. The Kier molecular flexibility index (Phi) is 8.22. The van der Waals surface area contributed by atoms with Crippen molar-refractivity contribution in [1.82, 2.24) is 0 Å². The summed E-state index contributed by atoms with van der Waals surface area (Å²) in [5, 5.41) is 3.41. The highest BCUT2D eigenvalue weighted by atomic mass is 35.5. The Labute approximate surface area is 167 Å². The number of hydrogen-bond donors (Lipinski definition) is 2. The van der Waals surface area contributed by atoms with Gasteiger partial charge >= 0.3 is 0 Å². The van der Waals surface area contributed by atoms with Crippen LogP contribution in [0.4, 0.5) is 10.1 Å². The van der Waals surface area contributed by atoms with E-state index in [2.05, 4.69) is 5.32 Å². The molecule has 0 atom stereocenters. The third-order valence-corrected chi connectivity index (χ3v) is 4.03. The summed E-state index contributed by atoms with van der Waals surface area (Å²) in [4.78, 5) is 0. The molecule has 0 saturated heterocycles. The molecule has 0 amide bonds. The molecular formula is C18H19Cl2FN2O2S. The van der Waals surface area contributed by atoms with E-state index >= 15 is 0 Å². The quantitative estimate of drug-likeness (QED) is 0.422. The standard InChI is InChI=1S/C18H19Cl2FN2O2S/c19-15-9-12(21)10-16(20)17(15)25-8-3-1-2-7-24-14-6-4-5-13(11-14)23-18(22)26/h4-6,9-11H,1-3,7-8H2,(H3,22,23,26). The van der Waals surface area contributed by atoms with Gasteiger partial charge in [0, 0.05) is 11.8 Å². The van der Waals surface area contributed by atoms with E-state index in [4.69, 9.17) is 50.6 Å². The maximum absolute atomic E-state index is 13.1. The van der Waals surface area contributed by atoms with E-state index in [0.29, 0.717) is 19.0 Å². The number of hydrogen-bond acceptors (Lipinski definition) is 3. The molecule has 0 saturated carbocycles. The summed E-state index contributed by atoms with van der Waals surface area (Å²) in [7, 11) is 0. The summed E-state index contributed by atoms with van der Waals surface area (Å²) in [6, 6.07) is 9.77. The number of thiocarbonyl (C=S) groups is 1. The number of anilines is 1. The Hall–Kier alpha value is -1.76. The van der Waals surface area contributed by atoms with Gasteiger partial charge in [-0.15, -0.1) is 0 Å². The number of ether oxygens (including phenoxy) is 2. The maximum Gasteiger partial charge on any atom is 0.168 e. The van der Waals surface area contributed by atoms with Gasteiger partial charge in [-0.05, 0) is 55.7 Å². The van der Waals surface area contributed by atoms with Gasteiger partial charge in [0.2, 0.25) is 0 Å². The summed E-state index contributed by atoms with van der Waals surface area (Å²) < 4.78 is 24.3. The lowest BCUT2D eigenvalue weighted by atomic mass is 10.2. The van der Waals surface area contributed by atoms with E-state index < -0.39 is 5.82 Å². The van der Waals surface area contributed by atoms with Crippen LogP contribution in [-0.4, -0.2) is 18.3 Å². The summed E-state index contributed by atoms with van der Waals surface area (Å²) in [5.41, 5.74) is 6.23. The molecule has 140 valence electrons. The van der Waals surface area contributed by atoms with E-state index in [-0.39, 0.29) is 15.2 Å². The van der Waals surface area contributed by atoms with Crippen LogP contribution in [0.2, 0.25) is 10.0 Å². The van der Waals surface area contributed by atoms with E-state index in [1.807, 2.05) is 24.3 Å². The molecule has 0 radical (unpaired) electrons. The van der Waals surface area contributed by atoms with E-state index in [9.17, 15) is 4.39 Å². The first-order valence-electron chi connectivity index (χ1n) is 8.02. The molecule has 2 aromatic rings. The Morgan fingerprint density at radius 2 is 1.69 bits per heavy atom. The second kappa shape index (κ2) is 10.4. The Morgan fingerprint density at radius 1 is 1.04 bits per heavy atom. The van der Waals surface area contributed by atoms with Gasteiger partial charge in [0.25, 0.3) is 0 Å². The van der Waals surface area contributed by atoms with Gasteiger partial charge in [-0.3, -0.25) is 0 Å². The molecule has 4 nitrogen and oxygen atoms in total. The molecule has 0 bridgehead atoms. The van der Waals surface area contributed by atoms with Crippen LogP contribution in [0, 0.1) is 5.82 Å². The molecule has 0 aliphatic heterocycles. The zero-order valence-corrected chi connectivity index (χ0v) is 16.3. The Bertz CT molecular complexity index is 739. The van der Waals surface area contributed by atoms with Crippen molar-refractivity contribution < 1.29 is 13.9 Å². The lowest BCUT2D eigenvalue weighted by molar-refractivity contribution is 0.279. The van der Waals surface area contributed by atoms with Crippen molar-refractivity contribution in [1.29, 1.82) is 0 Å². The molecule has 0 aromatic heterocycles. The highest BCUT2D eigenvalue weighted by Gasteiger charge is 2.09. The molecule has 0 fully saturated rings. The number of nitrogens with two attached hydrogens (primary N) is 1. The Balaban J connectivity index is 1.65. The fraction of sp³-hybridized carbons (Fsp3) is 0.278. The Morgan fingerprint density at radius 3 is 2.35 bits per heavy atom. The number of rotatable bonds is 9. The van der Waals surface area contributed by atoms with Gasteiger partial charge in [-0.25, -0.2) is 4.39 Å². The van der Waals surface area contributed by atoms with Crippen molar-refractivity contribution in [2.75, 3.05) is 18.5 Å². The van der Waals surface area contributed by atoms with Gasteiger partial charge in [0.1, 0.15) is 11.6 Å². The fourth-order valence-electron chi connectivity index (χ4n) is 2.22. The second-order valence-corrected chi connectivity index (χ2v) is 6.73. The highest BCUT2D eigenvalue weighted by Crippen LogP contribution is 2.33. The van der Waals surface area contributed by atoms with Gasteiger partial charge in [-0.1, -0.05) is 29.3 Å². The molecule has 0 unspecified atom stereocenters. The average molecular weight is 417 g/mol. The highest BCUT2D eigenvalue weighted by molar-refractivity contribution is 7.80. The minimum Gasteiger partial charge on any atom is -0.494 e.